The van der Waals surface area contributed by atoms with E-state index in [0.717, 1.165) is 36.8 Å². The summed E-state index contributed by atoms with van der Waals surface area (Å²) in [6, 6.07) is 0.766. The molecule has 0 unspecified atom stereocenters. The predicted molar refractivity (Wildman–Crippen MR) is 54.6 cm³/mol. The average molecular weight is 189 g/mol. The van der Waals surface area contributed by atoms with Gasteiger partial charge in [-0.2, -0.15) is 0 Å². The summed E-state index contributed by atoms with van der Waals surface area (Å²) in [5.41, 5.74) is 0. The van der Waals surface area contributed by atoms with Crippen LogP contribution in [0.25, 0.3) is 0 Å². The largest absolute Gasteiger partial charge is 0.330 e. The predicted octanol–water partition coefficient (Wildman–Crippen LogP) is 2.51. The molecule has 0 aromatic heterocycles. The van der Waals surface area contributed by atoms with Crippen LogP contribution in [0, 0.1) is 0 Å². The van der Waals surface area contributed by atoms with Crippen LogP contribution in [0.1, 0.15) is 38.5 Å². The first-order valence-corrected chi connectivity index (χ1v) is 5.87. The van der Waals surface area contributed by atoms with Crippen LogP contribution in [0.3, 0.4) is 0 Å². The lowest BCUT2D eigenvalue weighted by atomic mass is 9.95. The summed E-state index contributed by atoms with van der Waals surface area (Å²) in [6.45, 7) is 1.07. The standard InChI is InChI=1S/C9H19NOS/c11-12-8-4-7-10-9-5-2-1-3-6-9/h9-11H,1-8H2. The normalized spacial score (nSPS) is 19.8. The van der Waals surface area contributed by atoms with Crippen molar-refractivity contribution < 1.29 is 4.55 Å². The van der Waals surface area contributed by atoms with Crippen molar-refractivity contribution >= 4 is 12.0 Å². The molecule has 1 rings (SSSR count). The van der Waals surface area contributed by atoms with Gasteiger partial charge >= 0.3 is 0 Å². The molecule has 3 heteroatoms. The van der Waals surface area contributed by atoms with E-state index in [2.05, 4.69) is 5.32 Å². The van der Waals surface area contributed by atoms with Gasteiger partial charge in [0, 0.05) is 11.8 Å². The van der Waals surface area contributed by atoms with E-state index in [-0.39, 0.29) is 0 Å². The van der Waals surface area contributed by atoms with Crippen molar-refractivity contribution in [2.24, 2.45) is 0 Å². The molecule has 0 spiro atoms. The Morgan fingerprint density at radius 3 is 2.67 bits per heavy atom. The zero-order valence-corrected chi connectivity index (χ0v) is 8.41. The number of hydrogen-bond acceptors (Lipinski definition) is 3. The maximum absolute atomic E-state index is 8.49. The fourth-order valence-electron chi connectivity index (χ4n) is 1.75. The highest BCUT2D eigenvalue weighted by Gasteiger charge is 2.11. The van der Waals surface area contributed by atoms with E-state index in [4.69, 9.17) is 4.55 Å². The Morgan fingerprint density at radius 2 is 2.00 bits per heavy atom. The second-order valence-electron chi connectivity index (χ2n) is 3.48. The minimum atomic E-state index is 0.766. The number of nitrogens with one attached hydrogen (secondary N) is 1. The van der Waals surface area contributed by atoms with Crippen LogP contribution in [0.4, 0.5) is 0 Å². The second kappa shape index (κ2) is 6.75. The van der Waals surface area contributed by atoms with Crippen molar-refractivity contribution in [2.75, 3.05) is 12.3 Å². The maximum atomic E-state index is 8.49. The summed E-state index contributed by atoms with van der Waals surface area (Å²) in [5.74, 6) is 0.861. The van der Waals surface area contributed by atoms with Gasteiger partial charge < -0.3 is 9.87 Å². The quantitative estimate of drug-likeness (QED) is 0.515. The monoisotopic (exact) mass is 189 g/mol. The second-order valence-corrected chi connectivity index (χ2v) is 4.14. The van der Waals surface area contributed by atoms with Crippen molar-refractivity contribution in [3.05, 3.63) is 0 Å². The zero-order chi connectivity index (χ0) is 8.65. The van der Waals surface area contributed by atoms with E-state index in [9.17, 15) is 0 Å². The van der Waals surface area contributed by atoms with Gasteiger partial charge in [0.2, 0.25) is 0 Å². The molecule has 72 valence electrons. The van der Waals surface area contributed by atoms with Crippen molar-refractivity contribution in [1.29, 1.82) is 0 Å². The fourth-order valence-corrected chi connectivity index (χ4v) is 2.02. The van der Waals surface area contributed by atoms with Crippen molar-refractivity contribution in [3.63, 3.8) is 0 Å². The van der Waals surface area contributed by atoms with Gasteiger partial charge in [0.25, 0.3) is 0 Å². The molecule has 0 amide bonds. The van der Waals surface area contributed by atoms with E-state index in [1.807, 2.05) is 0 Å². The van der Waals surface area contributed by atoms with Gasteiger partial charge in [0.15, 0.2) is 0 Å². The van der Waals surface area contributed by atoms with Gasteiger partial charge in [-0.05, 0) is 37.8 Å². The molecule has 2 nitrogen and oxygen atoms in total. The molecule has 0 aromatic rings. The van der Waals surface area contributed by atoms with Crippen molar-refractivity contribution in [1.82, 2.24) is 5.32 Å². The lowest BCUT2D eigenvalue weighted by Gasteiger charge is -2.22. The van der Waals surface area contributed by atoms with Crippen LogP contribution in [-0.4, -0.2) is 22.9 Å². The molecule has 0 aromatic carbocycles. The average Bonchev–Trinajstić information content (AvgIpc) is 2.14. The summed E-state index contributed by atoms with van der Waals surface area (Å²) in [4.78, 5) is 0. The van der Waals surface area contributed by atoms with E-state index in [1.165, 1.54) is 32.1 Å². The first-order valence-electron chi connectivity index (χ1n) is 4.93. The smallest absolute Gasteiger partial charge is 0.0207 e. The highest BCUT2D eigenvalue weighted by Crippen LogP contribution is 2.17. The van der Waals surface area contributed by atoms with E-state index < -0.39 is 0 Å². The lowest BCUT2D eigenvalue weighted by molar-refractivity contribution is 0.374. The molecular weight excluding hydrogens is 170 g/mol. The van der Waals surface area contributed by atoms with Gasteiger partial charge in [-0.25, -0.2) is 0 Å². The fraction of sp³-hybridized carbons (Fsp3) is 1.00. The molecule has 1 saturated carbocycles. The van der Waals surface area contributed by atoms with Gasteiger partial charge in [-0.3, -0.25) is 0 Å². The molecular formula is C9H19NOS. The third-order valence-electron chi connectivity index (χ3n) is 2.45. The van der Waals surface area contributed by atoms with E-state index in [0.29, 0.717) is 0 Å². The van der Waals surface area contributed by atoms with Gasteiger partial charge in [0.1, 0.15) is 0 Å². The topological polar surface area (TPSA) is 32.3 Å². The third-order valence-corrected chi connectivity index (χ3v) is 2.92. The van der Waals surface area contributed by atoms with Crippen molar-refractivity contribution in [3.8, 4) is 0 Å². The van der Waals surface area contributed by atoms with Crippen LogP contribution in [-0.2, 0) is 0 Å². The molecule has 2 N–H and O–H groups in total. The molecule has 0 bridgehead atoms. The van der Waals surface area contributed by atoms with Crippen LogP contribution >= 0.6 is 12.0 Å². The molecule has 0 atom stereocenters. The highest BCUT2D eigenvalue weighted by atomic mass is 32.2. The molecule has 1 aliphatic carbocycles. The van der Waals surface area contributed by atoms with Gasteiger partial charge in [0.05, 0.1) is 0 Å². The summed E-state index contributed by atoms with van der Waals surface area (Å²) < 4.78 is 8.49. The van der Waals surface area contributed by atoms with E-state index in [1.54, 1.807) is 0 Å². The van der Waals surface area contributed by atoms with Crippen molar-refractivity contribution in [2.45, 2.75) is 44.6 Å². The molecule has 1 fully saturated rings. The third kappa shape index (κ3) is 4.33. The van der Waals surface area contributed by atoms with Gasteiger partial charge in [-0.1, -0.05) is 19.3 Å². The summed E-state index contributed by atoms with van der Waals surface area (Å²) in [5, 5.41) is 3.53. The Kier molecular flexibility index (Phi) is 5.82. The Balaban J connectivity index is 1.91. The Bertz CT molecular complexity index is 105. The summed E-state index contributed by atoms with van der Waals surface area (Å²) in [6.07, 6.45) is 8.00. The Hall–Kier alpha value is 0.270. The Labute approximate surface area is 79.3 Å². The molecule has 0 heterocycles. The lowest BCUT2D eigenvalue weighted by Crippen LogP contribution is -2.31. The molecule has 0 radical (unpaired) electrons. The summed E-state index contributed by atoms with van der Waals surface area (Å²) in [7, 11) is 0. The molecule has 1 aliphatic rings. The number of hydrogen-bond donors (Lipinski definition) is 2. The van der Waals surface area contributed by atoms with Crippen LogP contribution in [0.5, 0.6) is 0 Å². The van der Waals surface area contributed by atoms with Crippen LogP contribution < -0.4 is 5.32 Å². The van der Waals surface area contributed by atoms with Gasteiger partial charge in [-0.15, -0.1) is 0 Å². The molecule has 0 aliphatic heterocycles. The number of rotatable bonds is 5. The van der Waals surface area contributed by atoms with E-state index >= 15 is 0 Å². The SMILES string of the molecule is OSCCCNC1CCCCC1. The summed E-state index contributed by atoms with van der Waals surface area (Å²) >= 11 is 0.948. The maximum Gasteiger partial charge on any atom is 0.0207 e. The minimum Gasteiger partial charge on any atom is -0.330 e. The zero-order valence-electron chi connectivity index (χ0n) is 7.59. The van der Waals surface area contributed by atoms with Crippen LogP contribution in [0.15, 0.2) is 0 Å². The minimum absolute atomic E-state index is 0.766. The first-order chi connectivity index (χ1) is 5.93. The highest BCUT2D eigenvalue weighted by molar-refractivity contribution is 7.93. The molecule has 12 heavy (non-hydrogen) atoms. The first kappa shape index (κ1) is 10.4. The molecule has 0 saturated heterocycles. The van der Waals surface area contributed by atoms with Crippen LogP contribution in [0.2, 0.25) is 0 Å². The Morgan fingerprint density at radius 1 is 1.25 bits per heavy atom.